The number of methoxy groups -OCH3 is 2. The predicted octanol–water partition coefficient (Wildman–Crippen LogP) is 5.13. The summed E-state index contributed by atoms with van der Waals surface area (Å²) >= 11 is 1.17. The lowest BCUT2D eigenvalue weighted by molar-refractivity contribution is 0.00486. The van der Waals surface area contributed by atoms with Gasteiger partial charge in [-0.2, -0.15) is 0 Å². The Labute approximate surface area is 242 Å². The highest BCUT2D eigenvalue weighted by molar-refractivity contribution is 7.92. The van der Waals surface area contributed by atoms with Gasteiger partial charge in [-0.3, -0.25) is 4.84 Å². The molecule has 1 unspecified atom stereocenters. The number of carbonyl (C=O) groups is 2. The van der Waals surface area contributed by atoms with E-state index in [0.29, 0.717) is 21.1 Å². The molecule has 1 atom stereocenters. The predicted molar refractivity (Wildman–Crippen MR) is 153 cm³/mol. The molecule has 1 aliphatic rings. The van der Waals surface area contributed by atoms with Crippen molar-refractivity contribution in [1.29, 1.82) is 0 Å². The van der Waals surface area contributed by atoms with Crippen LogP contribution in [0.4, 0.5) is 4.79 Å². The van der Waals surface area contributed by atoms with Crippen LogP contribution < -0.4 is 10.2 Å². The molecule has 1 N–H and O–H groups in total. The van der Waals surface area contributed by atoms with Gasteiger partial charge in [0.25, 0.3) is 0 Å². The first-order valence-corrected chi connectivity index (χ1v) is 15.1. The molecule has 0 fully saturated rings. The zero-order valence-corrected chi connectivity index (χ0v) is 24.0. The Morgan fingerprint density at radius 2 is 1.54 bits per heavy atom. The minimum Gasteiger partial charge on any atom is -0.497 e. The molecule has 0 saturated carbocycles. The molecular formula is C30H28N2O7S2. The first kappa shape index (κ1) is 28.3. The second kappa shape index (κ2) is 12.1. The van der Waals surface area contributed by atoms with Gasteiger partial charge in [-0.25, -0.2) is 23.5 Å². The fraction of sp³-hybridized carbons (Fsp3) is 0.200. The number of sulfone groups is 1. The molecule has 2 heterocycles. The Morgan fingerprint density at radius 3 is 2.10 bits per heavy atom. The van der Waals surface area contributed by atoms with Gasteiger partial charge in [-0.1, -0.05) is 60.7 Å². The summed E-state index contributed by atoms with van der Waals surface area (Å²) in [4.78, 5) is 34.1. The number of thiophene rings is 1. The van der Waals surface area contributed by atoms with E-state index >= 15 is 0 Å². The number of nitrogens with zero attached hydrogens (tertiary/aromatic N) is 1. The van der Waals surface area contributed by atoms with E-state index < -0.39 is 33.3 Å². The van der Waals surface area contributed by atoms with Gasteiger partial charge in [0.05, 0.1) is 25.7 Å². The van der Waals surface area contributed by atoms with Crippen molar-refractivity contribution in [3.8, 4) is 5.75 Å². The molecule has 2 amide bonds. The van der Waals surface area contributed by atoms with Gasteiger partial charge >= 0.3 is 12.0 Å². The molecule has 0 radical (unpaired) electrons. The molecule has 5 rings (SSSR count). The van der Waals surface area contributed by atoms with Gasteiger partial charge in [0, 0.05) is 11.3 Å². The van der Waals surface area contributed by atoms with Crippen LogP contribution >= 0.6 is 11.3 Å². The molecule has 0 aliphatic carbocycles. The zero-order chi connectivity index (χ0) is 29.0. The molecular weight excluding hydrogens is 564 g/mol. The maximum Gasteiger partial charge on any atom is 0.348 e. The quantitative estimate of drug-likeness (QED) is 0.223. The number of nitrogens with one attached hydrogen (secondary N) is 1. The Balaban J connectivity index is 1.46. The molecule has 0 spiro atoms. The van der Waals surface area contributed by atoms with Gasteiger partial charge < -0.3 is 14.4 Å². The summed E-state index contributed by atoms with van der Waals surface area (Å²) in [6.45, 7) is -0.0341. The van der Waals surface area contributed by atoms with Crippen molar-refractivity contribution in [3.05, 3.63) is 117 Å². The molecule has 4 aromatic rings. The summed E-state index contributed by atoms with van der Waals surface area (Å²) in [7, 11) is -1.27. The highest BCUT2D eigenvalue weighted by atomic mass is 32.2. The number of fused-ring (bicyclic) bond motifs is 1. The molecule has 1 aliphatic heterocycles. The van der Waals surface area contributed by atoms with Crippen LogP contribution in [0.5, 0.6) is 5.75 Å². The molecule has 11 heteroatoms. The van der Waals surface area contributed by atoms with Gasteiger partial charge in [0.2, 0.25) is 0 Å². The molecule has 41 heavy (non-hydrogen) atoms. The standard InChI is InChI=1S/C30H28N2O7S2/c1-37-23-13-15-24(16-14-23)41(35,36)27-18-22-17-25(29(33)38-2)40-26(22)19-32(27)30(34)31-39-28(20-9-5-3-6-10-20)21-11-7-4-8-12-21/h3-17,27-28H,18-19H2,1-2H3,(H,31,34). The summed E-state index contributed by atoms with van der Waals surface area (Å²) in [5.74, 6) is -0.0156. The molecule has 0 bridgehead atoms. The van der Waals surface area contributed by atoms with Crippen molar-refractivity contribution < 1.29 is 32.3 Å². The van der Waals surface area contributed by atoms with Crippen LogP contribution in [-0.2, 0) is 32.4 Å². The first-order valence-electron chi connectivity index (χ1n) is 12.7. The number of amides is 2. The van der Waals surface area contributed by atoms with Crippen molar-refractivity contribution in [3.63, 3.8) is 0 Å². The van der Waals surface area contributed by atoms with Crippen LogP contribution in [0.3, 0.4) is 0 Å². The molecule has 3 aromatic carbocycles. The number of urea groups is 1. The minimum absolute atomic E-state index is 0.00852. The number of ether oxygens (including phenoxy) is 2. The SMILES string of the molecule is COC(=O)c1cc2c(s1)CN(C(=O)NOC(c1ccccc1)c1ccccc1)C(S(=O)(=O)c1ccc(OC)cc1)C2. The third kappa shape index (κ3) is 5.97. The van der Waals surface area contributed by atoms with Crippen molar-refractivity contribution in [1.82, 2.24) is 10.4 Å². The highest BCUT2D eigenvalue weighted by Crippen LogP contribution is 2.35. The fourth-order valence-corrected chi connectivity index (χ4v) is 7.53. The third-order valence-electron chi connectivity index (χ3n) is 6.82. The van der Waals surface area contributed by atoms with Crippen LogP contribution in [0.1, 0.15) is 37.3 Å². The number of esters is 1. The topological polar surface area (TPSA) is 111 Å². The Kier molecular flexibility index (Phi) is 8.39. The lowest BCUT2D eigenvalue weighted by atomic mass is 10.0. The van der Waals surface area contributed by atoms with Crippen LogP contribution in [0.2, 0.25) is 0 Å². The summed E-state index contributed by atoms with van der Waals surface area (Å²) in [6.07, 6.45) is -0.642. The van der Waals surface area contributed by atoms with E-state index in [0.717, 1.165) is 11.1 Å². The third-order valence-corrected chi connectivity index (χ3v) is 10.0. The summed E-state index contributed by atoms with van der Waals surface area (Å²) in [6, 6.07) is 25.7. The van der Waals surface area contributed by atoms with Crippen molar-refractivity contribution in [2.24, 2.45) is 0 Å². The maximum absolute atomic E-state index is 13.9. The molecule has 212 valence electrons. The van der Waals surface area contributed by atoms with E-state index in [1.807, 2.05) is 60.7 Å². The second-order valence-corrected chi connectivity index (χ2v) is 12.5. The number of carbonyl (C=O) groups excluding carboxylic acids is 2. The van der Waals surface area contributed by atoms with Crippen LogP contribution in [0.15, 0.2) is 95.9 Å². The van der Waals surface area contributed by atoms with E-state index in [4.69, 9.17) is 14.3 Å². The number of hydrogen-bond acceptors (Lipinski definition) is 8. The Hall–Kier alpha value is -4.19. The largest absolute Gasteiger partial charge is 0.497 e. The lowest BCUT2D eigenvalue weighted by Gasteiger charge is -2.35. The molecule has 9 nitrogen and oxygen atoms in total. The molecule has 1 aromatic heterocycles. The number of rotatable bonds is 8. The van der Waals surface area contributed by atoms with Crippen molar-refractivity contribution >= 4 is 33.2 Å². The normalized spacial score (nSPS) is 14.8. The minimum atomic E-state index is -4.04. The van der Waals surface area contributed by atoms with Crippen molar-refractivity contribution in [2.75, 3.05) is 14.2 Å². The second-order valence-electron chi connectivity index (χ2n) is 9.28. The monoisotopic (exact) mass is 592 g/mol. The maximum atomic E-state index is 13.9. The van der Waals surface area contributed by atoms with Crippen LogP contribution in [0.25, 0.3) is 0 Å². The van der Waals surface area contributed by atoms with Gasteiger partial charge in [0.15, 0.2) is 9.84 Å². The Bertz CT molecular complexity index is 1580. The van der Waals surface area contributed by atoms with E-state index in [1.165, 1.54) is 42.6 Å². The van der Waals surface area contributed by atoms with E-state index in [9.17, 15) is 18.0 Å². The van der Waals surface area contributed by atoms with E-state index in [2.05, 4.69) is 5.48 Å². The zero-order valence-electron chi connectivity index (χ0n) is 22.4. The number of hydrogen-bond donors (Lipinski definition) is 1. The summed E-state index contributed by atoms with van der Waals surface area (Å²) < 4.78 is 37.8. The van der Waals surface area contributed by atoms with Crippen molar-refractivity contribution in [2.45, 2.75) is 29.3 Å². The first-order chi connectivity index (χ1) is 19.8. The number of benzene rings is 3. The molecule has 0 saturated heterocycles. The van der Waals surface area contributed by atoms with E-state index in [1.54, 1.807) is 18.2 Å². The van der Waals surface area contributed by atoms with Crippen LogP contribution in [-0.4, -0.2) is 44.9 Å². The Morgan fingerprint density at radius 1 is 0.927 bits per heavy atom. The number of hydroxylamine groups is 1. The van der Waals surface area contributed by atoms with Gasteiger partial charge in [-0.05, 0) is 47.0 Å². The van der Waals surface area contributed by atoms with E-state index in [-0.39, 0.29) is 17.9 Å². The van der Waals surface area contributed by atoms with Crippen LogP contribution in [0, 0.1) is 0 Å². The fourth-order valence-electron chi connectivity index (χ4n) is 4.68. The summed E-state index contributed by atoms with van der Waals surface area (Å²) in [5.41, 5.74) is 4.80. The van der Waals surface area contributed by atoms with Gasteiger partial charge in [-0.15, -0.1) is 11.3 Å². The van der Waals surface area contributed by atoms with Gasteiger partial charge in [0.1, 0.15) is 22.1 Å². The highest BCUT2D eigenvalue weighted by Gasteiger charge is 2.41. The average molecular weight is 593 g/mol. The lowest BCUT2D eigenvalue weighted by Crippen LogP contribution is -2.52. The average Bonchev–Trinajstić information content (AvgIpc) is 3.44. The smallest absolute Gasteiger partial charge is 0.348 e. The summed E-state index contributed by atoms with van der Waals surface area (Å²) in [5, 5.41) is -1.25.